The van der Waals surface area contributed by atoms with Gasteiger partial charge >= 0.3 is 5.69 Å². The molecular weight excluding hydrogens is 442 g/mol. The van der Waals surface area contributed by atoms with E-state index in [-0.39, 0.29) is 22.8 Å². The average Bonchev–Trinajstić information content (AvgIpc) is 2.80. The standard InChI is InChI=1S/C19H16ClN7O5/c1-32-14-7-5-11(6-8-14)18(28)25-23-16-15(27(30)31)17(22-10-21-16)24-26-19(29)12-3-2-4-13(20)9-12/h2-10H,1H3,(H,25,28)(H,26,29)(H2,21,22,23,24). The van der Waals surface area contributed by atoms with Crippen LogP contribution in [0.5, 0.6) is 5.75 Å². The fourth-order valence-corrected chi connectivity index (χ4v) is 2.67. The summed E-state index contributed by atoms with van der Waals surface area (Å²) in [7, 11) is 1.49. The number of aromatic nitrogens is 2. The topological polar surface area (TPSA) is 160 Å². The Kier molecular flexibility index (Phi) is 6.98. The highest BCUT2D eigenvalue weighted by Gasteiger charge is 2.24. The molecule has 0 aliphatic heterocycles. The van der Waals surface area contributed by atoms with Crippen LogP contribution in [0, 0.1) is 10.1 Å². The summed E-state index contributed by atoms with van der Waals surface area (Å²) in [4.78, 5) is 42.9. The van der Waals surface area contributed by atoms with Crippen molar-refractivity contribution >= 4 is 40.7 Å². The summed E-state index contributed by atoms with van der Waals surface area (Å²) in [6.45, 7) is 0. The van der Waals surface area contributed by atoms with Crippen LogP contribution in [0.4, 0.5) is 17.3 Å². The van der Waals surface area contributed by atoms with Crippen molar-refractivity contribution in [1.82, 2.24) is 20.8 Å². The van der Waals surface area contributed by atoms with Crippen LogP contribution in [0.3, 0.4) is 0 Å². The van der Waals surface area contributed by atoms with Gasteiger partial charge in [-0.25, -0.2) is 9.97 Å². The van der Waals surface area contributed by atoms with E-state index in [2.05, 4.69) is 31.7 Å². The van der Waals surface area contributed by atoms with E-state index in [1.165, 1.54) is 31.4 Å². The van der Waals surface area contributed by atoms with Crippen molar-refractivity contribution < 1.29 is 19.2 Å². The normalized spacial score (nSPS) is 10.1. The fourth-order valence-electron chi connectivity index (χ4n) is 2.48. The van der Waals surface area contributed by atoms with E-state index in [4.69, 9.17) is 16.3 Å². The highest BCUT2D eigenvalue weighted by atomic mass is 35.5. The quantitative estimate of drug-likeness (QED) is 0.294. The first-order valence-electron chi connectivity index (χ1n) is 8.90. The maximum absolute atomic E-state index is 12.3. The van der Waals surface area contributed by atoms with E-state index in [0.717, 1.165) is 6.33 Å². The highest BCUT2D eigenvalue weighted by Crippen LogP contribution is 2.28. The van der Waals surface area contributed by atoms with E-state index in [9.17, 15) is 19.7 Å². The molecule has 0 spiro atoms. The van der Waals surface area contributed by atoms with Gasteiger partial charge in [-0.3, -0.25) is 41.4 Å². The minimum absolute atomic E-state index is 0.229. The predicted octanol–water partition coefficient (Wildman–Crippen LogP) is 2.56. The number of amides is 2. The SMILES string of the molecule is COc1ccc(C(=O)NNc2ncnc(NNC(=O)c3cccc(Cl)c3)c2[N+](=O)[O-])cc1. The molecule has 3 rings (SSSR count). The maximum atomic E-state index is 12.3. The lowest BCUT2D eigenvalue weighted by atomic mass is 10.2. The average molecular weight is 458 g/mol. The van der Waals surface area contributed by atoms with Crippen molar-refractivity contribution in [2.24, 2.45) is 0 Å². The number of methoxy groups -OCH3 is 1. The van der Waals surface area contributed by atoms with E-state index in [1.807, 2.05) is 0 Å². The van der Waals surface area contributed by atoms with Gasteiger partial charge in [0, 0.05) is 16.1 Å². The van der Waals surface area contributed by atoms with Crippen molar-refractivity contribution in [1.29, 1.82) is 0 Å². The molecule has 164 valence electrons. The van der Waals surface area contributed by atoms with Crippen LogP contribution in [-0.2, 0) is 0 Å². The lowest BCUT2D eigenvalue weighted by Crippen LogP contribution is -2.32. The Balaban J connectivity index is 1.71. The second-order valence-corrected chi connectivity index (χ2v) is 6.51. The summed E-state index contributed by atoms with van der Waals surface area (Å²) in [5, 5.41) is 11.9. The van der Waals surface area contributed by atoms with Crippen molar-refractivity contribution in [3.8, 4) is 5.75 Å². The third-order valence-electron chi connectivity index (χ3n) is 4.03. The van der Waals surface area contributed by atoms with Crippen LogP contribution in [0.15, 0.2) is 54.9 Å². The van der Waals surface area contributed by atoms with Crippen molar-refractivity contribution in [2.45, 2.75) is 0 Å². The third-order valence-corrected chi connectivity index (χ3v) is 4.27. The molecule has 0 saturated carbocycles. The van der Waals surface area contributed by atoms with Crippen LogP contribution in [0.2, 0.25) is 5.02 Å². The van der Waals surface area contributed by atoms with Crippen molar-refractivity contribution in [3.63, 3.8) is 0 Å². The number of nitro groups is 1. The van der Waals surface area contributed by atoms with Gasteiger partial charge in [0.05, 0.1) is 12.0 Å². The van der Waals surface area contributed by atoms with Crippen LogP contribution >= 0.6 is 11.6 Å². The van der Waals surface area contributed by atoms with E-state index < -0.39 is 22.4 Å². The number of nitrogens with one attached hydrogen (secondary N) is 4. The Bertz CT molecular complexity index is 1160. The second kappa shape index (κ2) is 10.0. The van der Waals surface area contributed by atoms with Crippen LogP contribution in [0.25, 0.3) is 0 Å². The van der Waals surface area contributed by atoms with E-state index in [0.29, 0.717) is 10.8 Å². The monoisotopic (exact) mass is 457 g/mol. The molecule has 0 fully saturated rings. The minimum Gasteiger partial charge on any atom is -0.497 e. The summed E-state index contributed by atoms with van der Waals surface area (Å²) in [6, 6.07) is 12.3. The number of halogens is 1. The van der Waals surface area contributed by atoms with Crippen LogP contribution < -0.4 is 26.4 Å². The minimum atomic E-state index is -0.768. The smallest absolute Gasteiger partial charge is 0.356 e. The van der Waals surface area contributed by atoms with Crippen LogP contribution in [0.1, 0.15) is 20.7 Å². The molecule has 1 heterocycles. The molecule has 0 unspecified atom stereocenters. The number of rotatable bonds is 8. The Morgan fingerprint density at radius 2 is 1.56 bits per heavy atom. The van der Waals surface area contributed by atoms with Gasteiger partial charge in [-0.05, 0) is 42.5 Å². The summed E-state index contributed by atoms with van der Waals surface area (Å²) < 4.78 is 5.02. The number of hydrazine groups is 2. The van der Waals surface area contributed by atoms with Gasteiger partial charge in [-0.2, -0.15) is 0 Å². The number of ether oxygens (including phenoxy) is 1. The zero-order chi connectivity index (χ0) is 23.1. The van der Waals surface area contributed by atoms with Gasteiger partial charge < -0.3 is 4.74 Å². The van der Waals surface area contributed by atoms with Gasteiger partial charge in [-0.1, -0.05) is 17.7 Å². The van der Waals surface area contributed by atoms with Gasteiger partial charge in [0.2, 0.25) is 11.6 Å². The molecular formula is C19H16ClN7O5. The number of hydrogen-bond donors (Lipinski definition) is 4. The Morgan fingerprint density at radius 3 is 2.09 bits per heavy atom. The first kappa shape index (κ1) is 22.2. The number of nitrogens with zero attached hydrogens (tertiary/aromatic N) is 3. The van der Waals surface area contributed by atoms with E-state index in [1.54, 1.807) is 24.3 Å². The fraction of sp³-hybridized carbons (Fsp3) is 0.0526. The van der Waals surface area contributed by atoms with Gasteiger partial charge in [-0.15, -0.1) is 0 Å². The third kappa shape index (κ3) is 5.37. The first-order chi connectivity index (χ1) is 15.4. The summed E-state index contributed by atoms with van der Waals surface area (Å²) in [5.41, 5.74) is 9.30. The molecule has 32 heavy (non-hydrogen) atoms. The first-order valence-corrected chi connectivity index (χ1v) is 9.28. The second-order valence-electron chi connectivity index (χ2n) is 6.07. The Labute approximate surface area is 186 Å². The Hall–Kier alpha value is -4.45. The molecule has 2 amide bonds. The number of hydrogen-bond acceptors (Lipinski definition) is 9. The van der Waals surface area contributed by atoms with Gasteiger partial charge in [0.25, 0.3) is 11.8 Å². The molecule has 0 aliphatic carbocycles. The summed E-state index contributed by atoms with van der Waals surface area (Å²) >= 11 is 5.85. The number of carbonyl (C=O) groups is 2. The van der Waals surface area contributed by atoms with Crippen molar-refractivity contribution in [3.05, 3.63) is 81.1 Å². The van der Waals surface area contributed by atoms with Crippen LogP contribution in [-0.4, -0.2) is 33.8 Å². The molecule has 3 aromatic rings. The zero-order valence-electron chi connectivity index (χ0n) is 16.5. The molecule has 12 nitrogen and oxygen atoms in total. The largest absolute Gasteiger partial charge is 0.497 e. The number of carbonyl (C=O) groups excluding carboxylic acids is 2. The lowest BCUT2D eigenvalue weighted by Gasteiger charge is -2.12. The molecule has 0 radical (unpaired) electrons. The number of anilines is 2. The molecule has 0 bridgehead atoms. The lowest BCUT2D eigenvalue weighted by molar-refractivity contribution is -0.383. The highest BCUT2D eigenvalue weighted by molar-refractivity contribution is 6.30. The maximum Gasteiger partial charge on any atom is 0.356 e. The summed E-state index contributed by atoms with van der Waals surface area (Å²) in [6.07, 6.45) is 1.02. The van der Waals surface area contributed by atoms with Crippen molar-refractivity contribution in [2.75, 3.05) is 18.0 Å². The zero-order valence-corrected chi connectivity index (χ0v) is 17.2. The molecule has 4 N–H and O–H groups in total. The molecule has 13 heteroatoms. The predicted molar refractivity (Wildman–Crippen MR) is 115 cm³/mol. The van der Waals surface area contributed by atoms with Gasteiger partial charge in [0.15, 0.2) is 0 Å². The van der Waals surface area contributed by atoms with Gasteiger partial charge in [0.1, 0.15) is 12.1 Å². The molecule has 2 aromatic carbocycles. The van der Waals surface area contributed by atoms with E-state index >= 15 is 0 Å². The molecule has 0 saturated heterocycles. The molecule has 1 aromatic heterocycles. The molecule has 0 aliphatic rings. The summed E-state index contributed by atoms with van der Waals surface area (Å²) in [5.74, 6) is -1.20. The molecule has 0 atom stereocenters. The Morgan fingerprint density at radius 1 is 0.969 bits per heavy atom. The number of benzene rings is 2.